The van der Waals surface area contributed by atoms with Crippen molar-refractivity contribution < 1.29 is 31.1 Å². The molecule has 0 fully saturated rings. The predicted octanol–water partition coefficient (Wildman–Crippen LogP) is 2.83. The molecule has 0 unspecified atom stereocenters. The molecule has 7 nitrogen and oxygen atoms in total. The van der Waals surface area contributed by atoms with E-state index >= 15 is 0 Å². The summed E-state index contributed by atoms with van der Waals surface area (Å²) in [4.78, 5) is 25.8. The van der Waals surface area contributed by atoms with Gasteiger partial charge in [0.05, 0.1) is 0 Å². The van der Waals surface area contributed by atoms with Crippen LogP contribution >= 0.6 is 0 Å². The van der Waals surface area contributed by atoms with E-state index in [1.165, 1.54) is 0 Å². The van der Waals surface area contributed by atoms with Crippen molar-refractivity contribution in [1.82, 2.24) is 0 Å². The Labute approximate surface area is 212 Å². The van der Waals surface area contributed by atoms with E-state index in [1.54, 1.807) is 121 Å². The molecule has 0 saturated carbocycles. The second kappa shape index (κ2) is 10.6. The summed E-state index contributed by atoms with van der Waals surface area (Å²) in [5.74, 6) is -2.29. The summed E-state index contributed by atoms with van der Waals surface area (Å²) in [5, 5.41) is 16.3. The van der Waals surface area contributed by atoms with Gasteiger partial charge >= 0.3 is 213 Å². The van der Waals surface area contributed by atoms with Gasteiger partial charge in [0.15, 0.2) is 0 Å². The van der Waals surface area contributed by atoms with Gasteiger partial charge in [0, 0.05) is 0 Å². The zero-order chi connectivity index (χ0) is 25.6. The molecule has 8 heteroatoms. The Morgan fingerprint density at radius 3 is 0.917 bits per heavy atom. The third-order valence-electron chi connectivity index (χ3n) is 5.83. The fraction of sp³-hybridized carbons (Fsp3) is 0.0714. The van der Waals surface area contributed by atoms with Gasteiger partial charge in [-0.05, 0) is 0 Å². The van der Waals surface area contributed by atoms with Crippen LogP contribution in [0.1, 0.15) is 22.3 Å². The van der Waals surface area contributed by atoms with Gasteiger partial charge in [-0.1, -0.05) is 0 Å². The minimum absolute atomic E-state index is 0.294. The second-order valence-electron chi connectivity index (χ2n) is 7.94. The van der Waals surface area contributed by atoms with E-state index in [2.05, 4.69) is 0 Å². The van der Waals surface area contributed by atoms with Crippen LogP contribution in [-0.2, 0) is 32.1 Å². The first kappa shape index (κ1) is 24.9. The van der Waals surface area contributed by atoms with Crippen LogP contribution < -0.4 is 0 Å². The molecule has 4 N–H and O–H groups in total. The molecule has 4 rings (SSSR count). The Hall–Kier alpha value is -4.24. The standard InChI is InChI=1S/C28H22GeO7/c30-25(31)27(21-13-5-1-6-14-21,22-15-7-2-8-16-22)35-29(34)36-28(26(32)33,23-17-9-3-10-18-23)24-19-11-4-12-20-24/h1-20H,(H,30,31)(H,32,33)/p+2. The maximum absolute atomic E-state index is 13.7. The summed E-state index contributed by atoms with van der Waals surface area (Å²) < 4.78 is 25.6. The van der Waals surface area contributed by atoms with Gasteiger partial charge in [0.2, 0.25) is 0 Å². The molecule has 180 valence electrons. The topological polar surface area (TPSA) is 115 Å². The third kappa shape index (κ3) is 4.53. The summed E-state index contributed by atoms with van der Waals surface area (Å²) in [7, 11) is 0. The predicted molar refractivity (Wildman–Crippen MR) is 133 cm³/mol. The van der Waals surface area contributed by atoms with Crippen molar-refractivity contribution in [2.45, 2.75) is 11.2 Å². The molecule has 0 aliphatic carbocycles. The molecule has 0 saturated heterocycles. The average molecular weight is 545 g/mol. The maximum atomic E-state index is 13.7. The number of benzene rings is 4. The van der Waals surface area contributed by atoms with Gasteiger partial charge in [-0.2, -0.15) is 0 Å². The molecule has 36 heavy (non-hydrogen) atoms. The fourth-order valence-electron chi connectivity index (χ4n) is 4.15. The monoisotopic (exact) mass is 546 g/mol. The Morgan fingerprint density at radius 2 is 0.722 bits per heavy atom. The van der Waals surface area contributed by atoms with E-state index in [0.29, 0.717) is 22.3 Å². The zero-order valence-corrected chi connectivity index (χ0v) is 21.2. The van der Waals surface area contributed by atoms with Crippen molar-refractivity contribution in [2.24, 2.45) is 0 Å². The quantitative estimate of drug-likeness (QED) is 0.225. The second-order valence-corrected chi connectivity index (χ2v) is 9.84. The summed E-state index contributed by atoms with van der Waals surface area (Å²) in [6.45, 7) is 0. The van der Waals surface area contributed by atoms with Crippen molar-refractivity contribution in [3.63, 3.8) is 0 Å². The third-order valence-corrected chi connectivity index (χ3v) is 7.82. The number of carbonyl (C=O) groups is 2. The van der Waals surface area contributed by atoms with Crippen LogP contribution in [-0.4, -0.2) is 37.1 Å². The Kier molecular flexibility index (Phi) is 7.31. The Balaban J connectivity index is 1.85. The minimum atomic E-state index is -4.52. The summed E-state index contributed by atoms with van der Waals surface area (Å²) >= 11 is -4.52. The molecule has 0 aromatic heterocycles. The summed E-state index contributed by atoms with van der Waals surface area (Å²) in [6.07, 6.45) is 0. The SMILES string of the molecule is O=C([OH2+])C([O][Ge](=[O])[O]C(C(=O)[OH2+])(c1ccccc1)c1ccccc1)(c1ccccc1)c1ccccc1. The van der Waals surface area contributed by atoms with E-state index in [0.717, 1.165) is 0 Å². The molecule has 0 spiro atoms. The number of carbonyl (C=O) groups excluding carboxylic acids is 2. The van der Waals surface area contributed by atoms with E-state index in [9.17, 15) is 13.4 Å². The van der Waals surface area contributed by atoms with Crippen LogP contribution in [0.5, 0.6) is 0 Å². The van der Waals surface area contributed by atoms with Gasteiger partial charge in [0.1, 0.15) is 0 Å². The number of hydrogen-bond acceptors (Lipinski definition) is 5. The summed E-state index contributed by atoms with van der Waals surface area (Å²) in [5.41, 5.74) is -2.93. The van der Waals surface area contributed by atoms with E-state index < -0.39 is 38.1 Å². The first-order valence-corrected chi connectivity index (χ1v) is 13.6. The van der Waals surface area contributed by atoms with E-state index in [4.69, 9.17) is 17.7 Å². The molecule has 0 radical (unpaired) electrons. The normalized spacial score (nSPS) is 11.3. The molecule has 0 aliphatic heterocycles. The van der Waals surface area contributed by atoms with Crippen LogP contribution in [0.15, 0.2) is 121 Å². The van der Waals surface area contributed by atoms with E-state index in [-0.39, 0.29) is 0 Å². The van der Waals surface area contributed by atoms with Gasteiger partial charge < -0.3 is 0 Å². The van der Waals surface area contributed by atoms with Crippen LogP contribution in [0.3, 0.4) is 0 Å². The molecule has 0 heterocycles. The van der Waals surface area contributed by atoms with Gasteiger partial charge in [-0.3, -0.25) is 0 Å². The Bertz CT molecular complexity index is 1160. The first-order valence-electron chi connectivity index (χ1n) is 11.1. The van der Waals surface area contributed by atoms with Gasteiger partial charge in [-0.15, -0.1) is 0 Å². The Morgan fingerprint density at radius 1 is 0.500 bits per heavy atom. The van der Waals surface area contributed by atoms with Crippen molar-refractivity contribution in [2.75, 3.05) is 0 Å². The molecule has 4 aromatic carbocycles. The van der Waals surface area contributed by atoms with Crippen molar-refractivity contribution >= 4 is 26.9 Å². The van der Waals surface area contributed by atoms with Gasteiger partial charge in [0.25, 0.3) is 0 Å². The van der Waals surface area contributed by atoms with Crippen LogP contribution in [0.4, 0.5) is 0 Å². The van der Waals surface area contributed by atoms with Crippen LogP contribution in [0, 0.1) is 0 Å². The molecule has 0 atom stereocenters. The molecular formula is C28H24GeO7+2. The van der Waals surface area contributed by atoms with Crippen LogP contribution in [0.25, 0.3) is 0 Å². The van der Waals surface area contributed by atoms with Crippen molar-refractivity contribution in [3.05, 3.63) is 144 Å². The first-order chi connectivity index (χ1) is 17.4. The van der Waals surface area contributed by atoms with Gasteiger partial charge in [-0.25, -0.2) is 0 Å². The fourth-order valence-corrected chi connectivity index (χ4v) is 6.66. The van der Waals surface area contributed by atoms with Crippen molar-refractivity contribution in [3.8, 4) is 0 Å². The molecule has 4 aromatic rings. The molecule has 0 amide bonds. The van der Waals surface area contributed by atoms with E-state index in [1.807, 2.05) is 0 Å². The molecule has 0 bridgehead atoms. The number of hydrogen-bond donors (Lipinski definition) is 0. The zero-order valence-electron chi connectivity index (χ0n) is 19.1. The van der Waals surface area contributed by atoms with Crippen molar-refractivity contribution in [1.29, 1.82) is 0 Å². The van der Waals surface area contributed by atoms with Crippen LogP contribution in [0.2, 0.25) is 0 Å². The average Bonchev–Trinajstić information content (AvgIpc) is 2.92. The summed E-state index contributed by atoms with van der Waals surface area (Å²) in [6, 6.07) is 33.2. The molecule has 0 aliphatic rings. The molecular weight excluding hydrogens is 521 g/mol. The number of rotatable bonds is 10.